The average Bonchev–Trinajstić information content (AvgIpc) is 2.72. The summed E-state index contributed by atoms with van der Waals surface area (Å²) in [7, 11) is 0. The van der Waals surface area contributed by atoms with E-state index in [1.165, 1.54) is 4.88 Å². The van der Waals surface area contributed by atoms with Gasteiger partial charge in [-0.25, -0.2) is 15.0 Å². The Labute approximate surface area is 115 Å². The highest BCUT2D eigenvalue weighted by molar-refractivity contribution is 7.11. The molecule has 0 saturated heterocycles. The molecule has 0 unspecified atom stereocenters. The second-order valence-electron chi connectivity index (χ2n) is 4.29. The molecule has 6 heteroatoms. The van der Waals surface area contributed by atoms with E-state index >= 15 is 0 Å². The van der Waals surface area contributed by atoms with Crippen molar-refractivity contribution in [1.82, 2.24) is 15.0 Å². The first kappa shape index (κ1) is 13.2. The number of aryl methyl sites for hydroxylation is 1. The van der Waals surface area contributed by atoms with Crippen LogP contribution in [0, 0.1) is 6.92 Å². The number of halogens is 1. The van der Waals surface area contributed by atoms with Crippen LogP contribution in [0.5, 0.6) is 0 Å². The van der Waals surface area contributed by atoms with Gasteiger partial charge in [0.2, 0.25) is 0 Å². The smallest absolute Gasteiger partial charge is 0.135 e. The highest BCUT2D eigenvalue weighted by Crippen LogP contribution is 2.18. The largest absolute Gasteiger partial charge is 0.365 e. The number of nitrogens with zero attached hydrogens (tertiary/aromatic N) is 3. The minimum atomic E-state index is 0.259. The van der Waals surface area contributed by atoms with E-state index in [0.717, 1.165) is 16.6 Å². The third kappa shape index (κ3) is 3.40. The van der Waals surface area contributed by atoms with Crippen LogP contribution in [0.4, 0.5) is 5.82 Å². The molecule has 0 aliphatic heterocycles. The van der Waals surface area contributed by atoms with Crippen LogP contribution in [0.1, 0.15) is 35.5 Å². The number of anilines is 1. The summed E-state index contributed by atoms with van der Waals surface area (Å²) in [5, 5.41) is 4.78. The Kier molecular flexibility index (Phi) is 4.14. The molecule has 0 aromatic carbocycles. The minimum Gasteiger partial charge on any atom is -0.365 e. The fourth-order valence-electron chi connectivity index (χ4n) is 1.45. The summed E-state index contributed by atoms with van der Waals surface area (Å²) in [4.78, 5) is 14.0. The molecular formula is C12H15ClN4S. The van der Waals surface area contributed by atoms with Gasteiger partial charge in [0.1, 0.15) is 16.8 Å². The van der Waals surface area contributed by atoms with Crippen LogP contribution in [0.2, 0.25) is 5.15 Å². The number of hydrogen-bond acceptors (Lipinski definition) is 5. The van der Waals surface area contributed by atoms with Crippen LogP contribution in [0.15, 0.2) is 12.3 Å². The number of hydrogen-bond donors (Lipinski definition) is 1. The summed E-state index contributed by atoms with van der Waals surface area (Å²) in [5.41, 5.74) is 0. The predicted molar refractivity (Wildman–Crippen MR) is 75.3 cm³/mol. The Morgan fingerprint density at radius 2 is 2.17 bits per heavy atom. The van der Waals surface area contributed by atoms with E-state index in [2.05, 4.69) is 20.3 Å². The summed E-state index contributed by atoms with van der Waals surface area (Å²) in [6.45, 7) is 6.78. The van der Waals surface area contributed by atoms with E-state index in [1.807, 2.05) is 27.0 Å². The SMILES string of the molecule is Cc1ncc(CNc2cc(Cl)nc(C(C)C)n2)s1. The predicted octanol–water partition coefficient (Wildman–Crippen LogP) is 3.63. The molecule has 18 heavy (non-hydrogen) atoms. The highest BCUT2D eigenvalue weighted by Gasteiger charge is 2.07. The van der Waals surface area contributed by atoms with Gasteiger partial charge in [0.05, 0.1) is 11.6 Å². The first-order valence-electron chi connectivity index (χ1n) is 5.74. The van der Waals surface area contributed by atoms with Gasteiger partial charge in [-0.3, -0.25) is 0 Å². The maximum Gasteiger partial charge on any atom is 0.135 e. The molecular weight excluding hydrogens is 268 g/mol. The minimum absolute atomic E-state index is 0.259. The third-order valence-corrected chi connectivity index (χ3v) is 3.45. The van der Waals surface area contributed by atoms with Crippen LogP contribution in [-0.4, -0.2) is 15.0 Å². The molecule has 2 aromatic heterocycles. The molecule has 2 aromatic rings. The molecule has 0 spiro atoms. The average molecular weight is 283 g/mol. The summed E-state index contributed by atoms with van der Waals surface area (Å²) < 4.78 is 0. The molecule has 0 aliphatic carbocycles. The van der Waals surface area contributed by atoms with Gasteiger partial charge in [0.25, 0.3) is 0 Å². The van der Waals surface area contributed by atoms with Gasteiger partial charge < -0.3 is 5.32 Å². The molecule has 0 saturated carbocycles. The van der Waals surface area contributed by atoms with Crippen molar-refractivity contribution in [1.29, 1.82) is 0 Å². The monoisotopic (exact) mass is 282 g/mol. The zero-order valence-corrected chi connectivity index (χ0v) is 12.1. The molecule has 2 rings (SSSR count). The summed E-state index contributed by atoms with van der Waals surface area (Å²) in [5.74, 6) is 1.77. The van der Waals surface area contributed by atoms with Crippen LogP contribution in [0.25, 0.3) is 0 Å². The van der Waals surface area contributed by atoms with Crippen LogP contribution < -0.4 is 5.32 Å². The fourth-order valence-corrected chi connectivity index (χ4v) is 2.37. The highest BCUT2D eigenvalue weighted by atomic mass is 35.5. The van der Waals surface area contributed by atoms with E-state index in [9.17, 15) is 0 Å². The fraction of sp³-hybridized carbons (Fsp3) is 0.417. The van der Waals surface area contributed by atoms with Gasteiger partial charge in [0.15, 0.2) is 0 Å². The molecule has 0 amide bonds. The van der Waals surface area contributed by atoms with Crippen molar-refractivity contribution >= 4 is 28.8 Å². The lowest BCUT2D eigenvalue weighted by Crippen LogP contribution is -2.04. The van der Waals surface area contributed by atoms with Crippen molar-refractivity contribution in [3.8, 4) is 0 Å². The zero-order chi connectivity index (χ0) is 13.1. The molecule has 4 nitrogen and oxygen atoms in total. The maximum absolute atomic E-state index is 5.98. The Balaban J connectivity index is 2.09. The lowest BCUT2D eigenvalue weighted by Gasteiger charge is -2.08. The molecule has 0 radical (unpaired) electrons. The maximum atomic E-state index is 5.98. The Hall–Kier alpha value is -1.20. The Morgan fingerprint density at radius 3 is 2.78 bits per heavy atom. The lowest BCUT2D eigenvalue weighted by molar-refractivity contribution is 0.774. The quantitative estimate of drug-likeness (QED) is 0.870. The standard InChI is InChI=1S/C12H15ClN4S/c1-7(2)12-16-10(13)4-11(17-12)15-6-9-5-14-8(3)18-9/h4-5,7H,6H2,1-3H3,(H,15,16,17). The van der Waals surface area contributed by atoms with Crippen molar-refractivity contribution in [3.05, 3.63) is 33.1 Å². The van der Waals surface area contributed by atoms with E-state index in [0.29, 0.717) is 11.7 Å². The first-order chi connectivity index (χ1) is 8.54. The van der Waals surface area contributed by atoms with Gasteiger partial charge in [0, 0.05) is 23.1 Å². The van der Waals surface area contributed by atoms with Crippen molar-refractivity contribution in [3.63, 3.8) is 0 Å². The van der Waals surface area contributed by atoms with Gasteiger partial charge in [-0.05, 0) is 6.92 Å². The summed E-state index contributed by atoms with van der Waals surface area (Å²) in [6, 6.07) is 1.74. The van der Waals surface area contributed by atoms with Gasteiger partial charge in [-0.1, -0.05) is 25.4 Å². The van der Waals surface area contributed by atoms with E-state index in [-0.39, 0.29) is 5.92 Å². The van der Waals surface area contributed by atoms with Crippen LogP contribution in [0.3, 0.4) is 0 Å². The van der Waals surface area contributed by atoms with Crippen LogP contribution in [-0.2, 0) is 6.54 Å². The number of nitrogens with one attached hydrogen (secondary N) is 1. The van der Waals surface area contributed by atoms with E-state index in [1.54, 1.807) is 17.4 Å². The summed E-state index contributed by atoms with van der Waals surface area (Å²) in [6.07, 6.45) is 1.87. The molecule has 1 N–H and O–H groups in total. The van der Waals surface area contributed by atoms with E-state index < -0.39 is 0 Å². The zero-order valence-electron chi connectivity index (χ0n) is 10.6. The van der Waals surface area contributed by atoms with E-state index in [4.69, 9.17) is 11.6 Å². The number of thiazole rings is 1. The lowest BCUT2D eigenvalue weighted by atomic mass is 10.2. The molecule has 96 valence electrons. The Morgan fingerprint density at radius 1 is 1.39 bits per heavy atom. The summed E-state index contributed by atoms with van der Waals surface area (Å²) >= 11 is 7.65. The first-order valence-corrected chi connectivity index (χ1v) is 6.93. The number of rotatable bonds is 4. The Bertz CT molecular complexity index is 539. The second kappa shape index (κ2) is 5.63. The molecule has 0 fully saturated rings. The van der Waals surface area contributed by atoms with Crippen LogP contribution >= 0.6 is 22.9 Å². The molecule has 0 atom stereocenters. The van der Waals surface area contributed by atoms with Crippen molar-refractivity contribution in [2.45, 2.75) is 33.2 Å². The molecule has 0 bridgehead atoms. The van der Waals surface area contributed by atoms with Crippen molar-refractivity contribution in [2.24, 2.45) is 0 Å². The van der Waals surface area contributed by atoms with Gasteiger partial charge >= 0.3 is 0 Å². The molecule has 0 aliphatic rings. The van der Waals surface area contributed by atoms with Gasteiger partial charge in [-0.2, -0.15) is 0 Å². The van der Waals surface area contributed by atoms with Crippen molar-refractivity contribution < 1.29 is 0 Å². The normalized spacial score (nSPS) is 10.9. The number of aromatic nitrogens is 3. The topological polar surface area (TPSA) is 50.7 Å². The third-order valence-electron chi connectivity index (χ3n) is 2.34. The van der Waals surface area contributed by atoms with Crippen molar-refractivity contribution in [2.75, 3.05) is 5.32 Å². The second-order valence-corrected chi connectivity index (χ2v) is 5.99. The van der Waals surface area contributed by atoms with Gasteiger partial charge in [-0.15, -0.1) is 11.3 Å². The molecule has 2 heterocycles.